The summed E-state index contributed by atoms with van der Waals surface area (Å²) >= 11 is 0. The van der Waals surface area contributed by atoms with Gasteiger partial charge in [0.25, 0.3) is 0 Å². The molecule has 8 heteroatoms. The molecule has 7 nitrogen and oxygen atoms in total. The van der Waals surface area contributed by atoms with Crippen LogP contribution in [0.2, 0.25) is 0 Å². The Bertz CT molecular complexity index is 908. The van der Waals surface area contributed by atoms with E-state index in [2.05, 4.69) is 10.6 Å². The fourth-order valence-corrected chi connectivity index (χ4v) is 3.53. The van der Waals surface area contributed by atoms with Crippen molar-refractivity contribution < 1.29 is 23.5 Å². The van der Waals surface area contributed by atoms with E-state index in [4.69, 9.17) is 9.47 Å². The van der Waals surface area contributed by atoms with Crippen LogP contribution in [0.5, 0.6) is 11.5 Å². The predicted octanol–water partition coefficient (Wildman–Crippen LogP) is 4.01. The van der Waals surface area contributed by atoms with E-state index in [0.29, 0.717) is 36.9 Å². The number of methoxy groups -OCH3 is 1. The maximum atomic E-state index is 13.5. The summed E-state index contributed by atoms with van der Waals surface area (Å²) in [6.45, 7) is 3.19. The van der Waals surface area contributed by atoms with Crippen LogP contribution in [0, 0.1) is 11.7 Å². The lowest BCUT2D eigenvalue weighted by molar-refractivity contribution is -0.126. The van der Waals surface area contributed by atoms with Gasteiger partial charge in [0.2, 0.25) is 5.91 Å². The largest absolute Gasteiger partial charge is 0.455 e. The number of urea groups is 1. The van der Waals surface area contributed by atoms with Crippen molar-refractivity contribution in [3.8, 4) is 11.5 Å². The third kappa shape index (κ3) is 6.18. The predicted molar refractivity (Wildman–Crippen MR) is 116 cm³/mol. The van der Waals surface area contributed by atoms with Crippen molar-refractivity contribution in [2.24, 2.45) is 5.92 Å². The molecular weight excluding hydrogens is 401 g/mol. The van der Waals surface area contributed by atoms with Gasteiger partial charge in [-0.25, -0.2) is 9.18 Å². The van der Waals surface area contributed by atoms with E-state index in [-0.39, 0.29) is 23.9 Å². The molecule has 1 aliphatic heterocycles. The van der Waals surface area contributed by atoms with Crippen LogP contribution in [0.25, 0.3) is 0 Å². The summed E-state index contributed by atoms with van der Waals surface area (Å²) in [4.78, 5) is 27.1. The standard InChI is InChI=1S/C23H28FN3O4/c1-16-10-11-17(22(28)25-12-13-30-2)15-27(16)23(29)26-20-8-3-4-9-21(20)31-19-7-5-6-18(24)14-19/h3-9,14,16-17H,10-13,15H2,1-2H3,(H,25,28)(H,26,29)/t16-,17+/m0/s1. The quantitative estimate of drug-likeness (QED) is 0.652. The van der Waals surface area contributed by atoms with Crippen LogP contribution in [0.1, 0.15) is 19.8 Å². The summed E-state index contributed by atoms with van der Waals surface area (Å²) in [7, 11) is 1.58. The van der Waals surface area contributed by atoms with E-state index in [0.717, 1.165) is 12.8 Å². The maximum absolute atomic E-state index is 13.5. The Labute approximate surface area is 181 Å². The van der Waals surface area contributed by atoms with Gasteiger partial charge in [-0.2, -0.15) is 0 Å². The number of piperidine rings is 1. The number of amides is 3. The summed E-state index contributed by atoms with van der Waals surface area (Å²) in [5.74, 6) is -0.00837. The molecule has 0 unspecified atom stereocenters. The topological polar surface area (TPSA) is 79.9 Å². The molecule has 1 heterocycles. The Morgan fingerprint density at radius 2 is 1.97 bits per heavy atom. The Morgan fingerprint density at radius 1 is 1.16 bits per heavy atom. The van der Waals surface area contributed by atoms with Crippen molar-refractivity contribution in [3.63, 3.8) is 0 Å². The molecule has 0 radical (unpaired) electrons. The summed E-state index contributed by atoms with van der Waals surface area (Å²) in [6.07, 6.45) is 1.46. The van der Waals surface area contributed by atoms with Gasteiger partial charge in [-0.15, -0.1) is 0 Å². The normalized spacial score (nSPS) is 18.4. The zero-order valence-electron chi connectivity index (χ0n) is 17.8. The average Bonchev–Trinajstić information content (AvgIpc) is 2.75. The fourth-order valence-electron chi connectivity index (χ4n) is 3.53. The van der Waals surface area contributed by atoms with E-state index in [1.54, 1.807) is 48.4 Å². The summed E-state index contributed by atoms with van der Waals surface area (Å²) in [6, 6.07) is 12.5. The molecule has 2 aromatic carbocycles. The molecule has 3 rings (SSSR count). The van der Waals surface area contributed by atoms with Crippen LogP contribution in [-0.4, -0.2) is 49.7 Å². The van der Waals surface area contributed by atoms with Crippen molar-refractivity contribution in [1.29, 1.82) is 0 Å². The molecule has 0 saturated carbocycles. The first-order chi connectivity index (χ1) is 15.0. The van der Waals surface area contributed by atoms with Gasteiger partial charge in [0.05, 0.1) is 18.2 Å². The van der Waals surface area contributed by atoms with E-state index >= 15 is 0 Å². The molecule has 1 saturated heterocycles. The first-order valence-corrected chi connectivity index (χ1v) is 10.3. The Hall–Kier alpha value is -3.13. The van der Waals surface area contributed by atoms with Crippen molar-refractivity contribution in [3.05, 3.63) is 54.3 Å². The maximum Gasteiger partial charge on any atom is 0.322 e. The van der Waals surface area contributed by atoms with Crippen molar-refractivity contribution in [1.82, 2.24) is 10.2 Å². The van der Waals surface area contributed by atoms with E-state index < -0.39 is 5.82 Å². The van der Waals surface area contributed by atoms with Gasteiger partial charge in [0.15, 0.2) is 5.75 Å². The minimum absolute atomic E-state index is 0.000625. The zero-order valence-corrected chi connectivity index (χ0v) is 17.8. The number of benzene rings is 2. The Morgan fingerprint density at radius 3 is 2.74 bits per heavy atom. The van der Waals surface area contributed by atoms with E-state index in [1.807, 2.05) is 6.92 Å². The first kappa shape index (κ1) is 22.6. The molecule has 166 valence electrons. The van der Waals surface area contributed by atoms with E-state index in [9.17, 15) is 14.0 Å². The lowest BCUT2D eigenvalue weighted by Gasteiger charge is -2.37. The number of para-hydroxylation sites is 2. The number of carbonyl (C=O) groups is 2. The Kier molecular flexibility index (Phi) is 7.83. The molecule has 31 heavy (non-hydrogen) atoms. The van der Waals surface area contributed by atoms with Crippen LogP contribution in [0.4, 0.5) is 14.9 Å². The molecule has 2 aromatic rings. The molecular formula is C23H28FN3O4. The second-order valence-corrected chi connectivity index (χ2v) is 7.55. The number of rotatable bonds is 7. The minimum Gasteiger partial charge on any atom is -0.455 e. The third-order valence-corrected chi connectivity index (χ3v) is 5.27. The van der Waals surface area contributed by atoms with Crippen LogP contribution in [0.15, 0.2) is 48.5 Å². The van der Waals surface area contributed by atoms with Gasteiger partial charge in [0.1, 0.15) is 11.6 Å². The molecule has 2 atom stereocenters. The van der Waals surface area contributed by atoms with Gasteiger partial charge < -0.3 is 25.0 Å². The van der Waals surface area contributed by atoms with Crippen LogP contribution >= 0.6 is 0 Å². The van der Waals surface area contributed by atoms with Crippen molar-refractivity contribution in [2.75, 3.05) is 32.1 Å². The summed E-state index contributed by atoms with van der Waals surface area (Å²) in [5, 5.41) is 5.72. The molecule has 1 fully saturated rings. The number of hydrogen-bond donors (Lipinski definition) is 2. The van der Waals surface area contributed by atoms with Crippen molar-refractivity contribution >= 4 is 17.6 Å². The number of halogens is 1. The number of nitrogens with one attached hydrogen (secondary N) is 2. The van der Waals surface area contributed by atoms with Crippen molar-refractivity contribution in [2.45, 2.75) is 25.8 Å². The smallest absolute Gasteiger partial charge is 0.322 e. The van der Waals surface area contributed by atoms with Gasteiger partial charge in [-0.3, -0.25) is 4.79 Å². The average molecular weight is 429 g/mol. The Balaban J connectivity index is 1.67. The van der Waals surface area contributed by atoms with Crippen LogP contribution < -0.4 is 15.4 Å². The fraction of sp³-hybridized carbons (Fsp3) is 0.391. The summed E-state index contributed by atoms with van der Waals surface area (Å²) in [5.41, 5.74) is 0.468. The molecule has 0 spiro atoms. The molecule has 2 N–H and O–H groups in total. The number of hydrogen-bond acceptors (Lipinski definition) is 4. The van der Waals surface area contributed by atoms with Crippen LogP contribution in [0.3, 0.4) is 0 Å². The van der Waals surface area contributed by atoms with Gasteiger partial charge in [-0.05, 0) is 44.0 Å². The molecule has 0 bridgehead atoms. The highest BCUT2D eigenvalue weighted by Gasteiger charge is 2.32. The third-order valence-electron chi connectivity index (χ3n) is 5.27. The number of likely N-dealkylation sites (tertiary alicyclic amines) is 1. The molecule has 0 aromatic heterocycles. The van der Waals surface area contributed by atoms with Gasteiger partial charge in [0, 0.05) is 32.3 Å². The van der Waals surface area contributed by atoms with Gasteiger partial charge in [-0.1, -0.05) is 18.2 Å². The highest BCUT2D eigenvalue weighted by atomic mass is 19.1. The minimum atomic E-state index is -0.407. The van der Waals surface area contributed by atoms with Gasteiger partial charge >= 0.3 is 6.03 Å². The monoisotopic (exact) mass is 429 g/mol. The van der Waals surface area contributed by atoms with Crippen LogP contribution in [-0.2, 0) is 9.53 Å². The second kappa shape index (κ2) is 10.8. The van der Waals surface area contributed by atoms with E-state index in [1.165, 1.54) is 12.1 Å². The number of nitrogens with zero attached hydrogens (tertiary/aromatic N) is 1. The highest BCUT2D eigenvalue weighted by molar-refractivity contribution is 5.92. The lowest BCUT2D eigenvalue weighted by Crippen LogP contribution is -2.51. The zero-order chi connectivity index (χ0) is 22.2. The molecule has 3 amide bonds. The number of carbonyl (C=O) groups excluding carboxylic acids is 2. The second-order valence-electron chi connectivity index (χ2n) is 7.55. The highest BCUT2D eigenvalue weighted by Crippen LogP contribution is 2.30. The first-order valence-electron chi connectivity index (χ1n) is 10.3. The number of ether oxygens (including phenoxy) is 2. The SMILES string of the molecule is COCCNC(=O)[C@@H]1CC[C@H](C)N(C(=O)Nc2ccccc2Oc2cccc(F)c2)C1. The summed E-state index contributed by atoms with van der Waals surface area (Å²) < 4.78 is 24.2. The molecule has 1 aliphatic rings. The number of anilines is 1. The molecule has 0 aliphatic carbocycles. The lowest BCUT2D eigenvalue weighted by atomic mass is 9.93.